The van der Waals surface area contributed by atoms with Crippen molar-refractivity contribution in [1.82, 2.24) is 0 Å². The van der Waals surface area contributed by atoms with Gasteiger partial charge in [-0.15, -0.1) is 0 Å². The standard InChI is InChI=1S/C23H32O7/c24-18(23-29-14-15-7-5-6-9-21(15)30-23)12-11-17-16(19(25)13-20(17)26)8-3-1-2-4-10-22(27)28/h1,3,5-7,9,16-20,23-26H,2,4,8,10-14H2,(H,27,28)/b3-1-/t16-,17-,18-,19+,20-,23+/m1/s1. The molecule has 0 bridgehead atoms. The van der Waals surface area contributed by atoms with Gasteiger partial charge in [0.05, 0.1) is 18.8 Å². The van der Waals surface area contributed by atoms with E-state index in [9.17, 15) is 20.1 Å². The first kappa shape index (κ1) is 22.7. The minimum absolute atomic E-state index is 0.0863. The zero-order valence-electron chi connectivity index (χ0n) is 17.1. The summed E-state index contributed by atoms with van der Waals surface area (Å²) in [4.78, 5) is 10.5. The predicted octanol–water partition coefficient (Wildman–Crippen LogP) is 2.62. The first-order valence-electron chi connectivity index (χ1n) is 10.7. The summed E-state index contributed by atoms with van der Waals surface area (Å²) in [5, 5.41) is 40.0. The largest absolute Gasteiger partial charge is 0.481 e. The highest BCUT2D eigenvalue weighted by Gasteiger charge is 2.41. The number of allylic oxidation sites excluding steroid dienone is 2. The van der Waals surface area contributed by atoms with Crippen LogP contribution in [-0.2, 0) is 16.1 Å². The predicted molar refractivity (Wildman–Crippen MR) is 110 cm³/mol. The molecule has 1 aliphatic carbocycles. The van der Waals surface area contributed by atoms with Gasteiger partial charge >= 0.3 is 5.97 Å². The molecule has 1 aliphatic heterocycles. The molecule has 6 atom stereocenters. The van der Waals surface area contributed by atoms with Gasteiger partial charge in [-0.25, -0.2) is 0 Å². The summed E-state index contributed by atoms with van der Waals surface area (Å²) in [6.45, 7) is 0.387. The van der Waals surface area contributed by atoms with E-state index in [1.807, 2.05) is 36.4 Å². The molecule has 4 N–H and O–H groups in total. The molecule has 0 unspecified atom stereocenters. The van der Waals surface area contributed by atoms with Crippen LogP contribution in [0.2, 0.25) is 0 Å². The summed E-state index contributed by atoms with van der Waals surface area (Å²) in [7, 11) is 0. The lowest BCUT2D eigenvalue weighted by Gasteiger charge is -2.31. The van der Waals surface area contributed by atoms with Crippen molar-refractivity contribution >= 4 is 5.97 Å². The lowest BCUT2D eigenvalue weighted by Crippen LogP contribution is -2.37. The molecule has 1 aromatic carbocycles. The van der Waals surface area contributed by atoms with E-state index in [1.165, 1.54) is 0 Å². The molecule has 0 saturated heterocycles. The number of carboxylic acid groups (broad SMARTS) is 1. The summed E-state index contributed by atoms with van der Waals surface area (Å²) in [5.41, 5.74) is 0.950. The second-order valence-corrected chi connectivity index (χ2v) is 8.24. The Morgan fingerprint density at radius 3 is 2.73 bits per heavy atom. The van der Waals surface area contributed by atoms with E-state index in [1.54, 1.807) is 0 Å². The minimum atomic E-state index is -0.824. The Kier molecular flexibility index (Phi) is 8.27. The molecule has 166 valence electrons. The van der Waals surface area contributed by atoms with Gasteiger partial charge in [-0.3, -0.25) is 4.79 Å². The van der Waals surface area contributed by atoms with Crippen LogP contribution in [0.3, 0.4) is 0 Å². The Morgan fingerprint density at radius 1 is 1.17 bits per heavy atom. The SMILES string of the molecule is O=C(O)CCC/C=C\C[C@@H]1[C@@H](CC[C@@H](O)[C@H]2OCc3ccccc3O2)[C@H](O)C[C@@H]1O. The lowest BCUT2D eigenvalue weighted by molar-refractivity contribution is -0.168. The van der Waals surface area contributed by atoms with E-state index in [0.29, 0.717) is 45.1 Å². The highest BCUT2D eigenvalue weighted by Crippen LogP contribution is 2.39. The smallest absolute Gasteiger partial charge is 0.303 e. The zero-order chi connectivity index (χ0) is 21.5. The van der Waals surface area contributed by atoms with Crippen LogP contribution in [0.5, 0.6) is 5.75 Å². The minimum Gasteiger partial charge on any atom is -0.481 e. The quantitative estimate of drug-likeness (QED) is 0.340. The fourth-order valence-electron chi connectivity index (χ4n) is 4.41. The molecule has 2 aliphatic rings. The lowest BCUT2D eigenvalue weighted by atomic mass is 9.86. The van der Waals surface area contributed by atoms with Gasteiger partial charge in [0.1, 0.15) is 11.9 Å². The third-order valence-corrected chi connectivity index (χ3v) is 6.09. The molecule has 0 aromatic heterocycles. The number of aliphatic hydroxyl groups excluding tert-OH is 3. The maximum atomic E-state index is 10.6. The maximum absolute atomic E-state index is 10.6. The fourth-order valence-corrected chi connectivity index (χ4v) is 4.41. The van der Waals surface area contributed by atoms with Gasteiger partial charge < -0.3 is 29.9 Å². The van der Waals surface area contributed by atoms with Gasteiger partial charge in [0, 0.05) is 12.0 Å². The molecule has 30 heavy (non-hydrogen) atoms. The van der Waals surface area contributed by atoms with E-state index in [0.717, 1.165) is 11.3 Å². The summed E-state index contributed by atoms with van der Waals surface area (Å²) in [5.74, 6) is -0.285. The molecule has 0 radical (unpaired) electrons. The molecule has 1 fully saturated rings. The number of fused-ring (bicyclic) bond motifs is 1. The first-order valence-corrected chi connectivity index (χ1v) is 10.7. The maximum Gasteiger partial charge on any atom is 0.303 e. The number of carboxylic acids is 1. The number of benzene rings is 1. The van der Waals surface area contributed by atoms with E-state index in [-0.39, 0.29) is 18.3 Å². The molecule has 0 amide bonds. The van der Waals surface area contributed by atoms with E-state index >= 15 is 0 Å². The van der Waals surface area contributed by atoms with Crippen LogP contribution in [0, 0.1) is 11.8 Å². The van der Waals surface area contributed by atoms with Crippen LogP contribution in [0.4, 0.5) is 0 Å². The van der Waals surface area contributed by atoms with Crippen molar-refractivity contribution in [3.63, 3.8) is 0 Å². The second-order valence-electron chi connectivity index (χ2n) is 8.24. The van der Waals surface area contributed by atoms with Crippen LogP contribution in [0.15, 0.2) is 36.4 Å². The molecule has 0 spiro atoms. The van der Waals surface area contributed by atoms with E-state index < -0.39 is 30.6 Å². The normalized spacial score (nSPS) is 29.5. The van der Waals surface area contributed by atoms with Crippen molar-refractivity contribution in [2.45, 2.75) is 76.2 Å². The Morgan fingerprint density at radius 2 is 1.93 bits per heavy atom. The molecule has 1 heterocycles. The van der Waals surface area contributed by atoms with Crippen molar-refractivity contribution in [3.8, 4) is 5.75 Å². The van der Waals surface area contributed by atoms with E-state index in [2.05, 4.69) is 0 Å². The summed E-state index contributed by atoms with van der Waals surface area (Å²) in [6.07, 6.45) is 4.47. The van der Waals surface area contributed by atoms with Crippen molar-refractivity contribution < 1.29 is 34.7 Å². The summed E-state index contributed by atoms with van der Waals surface area (Å²) >= 11 is 0. The third kappa shape index (κ3) is 6.04. The number of carbonyl (C=O) groups is 1. The van der Waals surface area contributed by atoms with Crippen molar-refractivity contribution in [3.05, 3.63) is 42.0 Å². The number of hydrogen-bond acceptors (Lipinski definition) is 6. The summed E-state index contributed by atoms with van der Waals surface area (Å²) < 4.78 is 11.4. The monoisotopic (exact) mass is 420 g/mol. The van der Waals surface area contributed by atoms with Crippen molar-refractivity contribution in [2.24, 2.45) is 11.8 Å². The van der Waals surface area contributed by atoms with Gasteiger partial charge in [-0.05, 0) is 56.4 Å². The van der Waals surface area contributed by atoms with Gasteiger partial charge in [-0.2, -0.15) is 0 Å². The number of rotatable bonds is 10. The highest BCUT2D eigenvalue weighted by molar-refractivity contribution is 5.66. The number of aliphatic hydroxyl groups is 3. The fraction of sp³-hybridized carbons (Fsp3) is 0.609. The third-order valence-electron chi connectivity index (χ3n) is 6.09. The zero-order valence-corrected chi connectivity index (χ0v) is 17.1. The molecule has 1 aromatic rings. The van der Waals surface area contributed by atoms with Gasteiger partial charge in [0.15, 0.2) is 0 Å². The van der Waals surface area contributed by atoms with Crippen LogP contribution >= 0.6 is 0 Å². The summed E-state index contributed by atoms with van der Waals surface area (Å²) in [6, 6.07) is 7.57. The van der Waals surface area contributed by atoms with Crippen LogP contribution in [0.25, 0.3) is 0 Å². The Balaban J connectivity index is 1.47. The average molecular weight is 421 g/mol. The molecular weight excluding hydrogens is 388 g/mol. The molecule has 3 rings (SSSR count). The van der Waals surface area contributed by atoms with Crippen molar-refractivity contribution in [2.75, 3.05) is 0 Å². The highest BCUT2D eigenvalue weighted by atomic mass is 16.7. The number of para-hydroxylation sites is 1. The van der Waals surface area contributed by atoms with Crippen LogP contribution < -0.4 is 4.74 Å². The van der Waals surface area contributed by atoms with Crippen LogP contribution in [-0.4, -0.2) is 51.0 Å². The van der Waals surface area contributed by atoms with Gasteiger partial charge in [-0.1, -0.05) is 30.4 Å². The van der Waals surface area contributed by atoms with Crippen molar-refractivity contribution in [1.29, 1.82) is 0 Å². The Bertz CT molecular complexity index is 719. The van der Waals surface area contributed by atoms with Gasteiger partial charge in [0.2, 0.25) is 6.29 Å². The number of hydrogen-bond donors (Lipinski definition) is 4. The van der Waals surface area contributed by atoms with E-state index in [4.69, 9.17) is 14.6 Å². The Hall–Kier alpha value is -1.93. The van der Waals surface area contributed by atoms with Crippen LogP contribution in [0.1, 0.15) is 50.5 Å². The number of ether oxygens (including phenoxy) is 2. The molecular formula is C23H32O7. The second kappa shape index (κ2) is 10.9. The average Bonchev–Trinajstić information content (AvgIpc) is 3.00. The van der Waals surface area contributed by atoms with Gasteiger partial charge in [0.25, 0.3) is 0 Å². The Labute approximate surface area is 176 Å². The number of unbranched alkanes of at least 4 members (excludes halogenated alkanes) is 1. The molecule has 7 heteroatoms. The first-order chi connectivity index (χ1) is 14.5. The molecule has 1 saturated carbocycles. The topological polar surface area (TPSA) is 116 Å². The number of aliphatic carboxylic acids is 1. The molecule has 7 nitrogen and oxygen atoms in total.